The van der Waals surface area contributed by atoms with Crippen LogP contribution in [0.25, 0.3) is 10.9 Å². The number of carbonyl (C=O) groups is 1. The maximum absolute atomic E-state index is 15.2. The van der Waals surface area contributed by atoms with Crippen molar-refractivity contribution in [1.82, 2.24) is 9.97 Å². The van der Waals surface area contributed by atoms with E-state index in [1.807, 2.05) is 0 Å². The fourth-order valence-electron chi connectivity index (χ4n) is 4.82. The molecular formula is C24H21ClF2N4O2S. The molecule has 10 heteroatoms. The van der Waals surface area contributed by atoms with Crippen molar-refractivity contribution in [1.29, 1.82) is 0 Å². The van der Waals surface area contributed by atoms with Crippen molar-refractivity contribution >= 4 is 45.4 Å². The first kappa shape index (κ1) is 23.0. The Morgan fingerprint density at radius 1 is 1.32 bits per heavy atom. The van der Waals surface area contributed by atoms with Crippen LogP contribution in [-0.2, 0) is 21.5 Å². The second kappa shape index (κ2) is 8.16. The van der Waals surface area contributed by atoms with Gasteiger partial charge in [-0.05, 0) is 50.1 Å². The van der Waals surface area contributed by atoms with Gasteiger partial charge in [0, 0.05) is 35.7 Å². The van der Waals surface area contributed by atoms with Crippen LogP contribution in [0, 0.1) is 17.6 Å². The second-order valence-corrected chi connectivity index (χ2v) is 10.5. The molecule has 34 heavy (non-hydrogen) atoms. The van der Waals surface area contributed by atoms with E-state index in [1.165, 1.54) is 6.20 Å². The van der Waals surface area contributed by atoms with Gasteiger partial charge >= 0.3 is 5.97 Å². The van der Waals surface area contributed by atoms with Crippen molar-refractivity contribution in [3.8, 4) is 0 Å². The number of fused-ring (bicyclic) bond motifs is 2. The van der Waals surface area contributed by atoms with E-state index in [0.717, 1.165) is 23.2 Å². The molecule has 1 aliphatic heterocycles. The fraction of sp³-hybridized carbons (Fsp3) is 0.333. The molecule has 2 aromatic heterocycles. The lowest BCUT2D eigenvalue weighted by Crippen LogP contribution is -2.40. The minimum atomic E-state index is -1.22. The molecular weight excluding hydrogens is 482 g/mol. The summed E-state index contributed by atoms with van der Waals surface area (Å²) in [6, 6.07) is 6.28. The number of aliphatic imine (C=N–C) groups is 1. The molecule has 1 fully saturated rings. The maximum Gasteiger partial charge on any atom is 0.323 e. The van der Waals surface area contributed by atoms with E-state index in [0.29, 0.717) is 28.2 Å². The quantitative estimate of drug-likeness (QED) is 0.506. The fourth-order valence-corrected chi connectivity index (χ4v) is 6.36. The number of ether oxygens (including phenoxy) is 1. The van der Waals surface area contributed by atoms with Crippen molar-refractivity contribution in [2.45, 2.75) is 37.0 Å². The van der Waals surface area contributed by atoms with Crippen molar-refractivity contribution < 1.29 is 18.3 Å². The number of nitrogens with zero attached hydrogens (tertiary/aromatic N) is 3. The molecule has 3 aromatic rings. The number of esters is 1. The third-order valence-electron chi connectivity index (χ3n) is 6.49. The van der Waals surface area contributed by atoms with E-state index in [2.05, 4.69) is 15.0 Å². The first-order chi connectivity index (χ1) is 16.2. The third-order valence-corrected chi connectivity index (χ3v) is 7.97. The molecule has 2 N–H and O–H groups in total. The molecule has 2 aliphatic rings. The largest absolute Gasteiger partial charge is 0.465 e. The van der Waals surface area contributed by atoms with Gasteiger partial charge in [-0.1, -0.05) is 23.4 Å². The Morgan fingerprint density at radius 3 is 2.88 bits per heavy atom. The average Bonchev–Trinajstić information content (AvgIpc) is 3.53. The number of hydrogen-bond donors (Lipinski definition) is 1. The predicted molar refractivity (Wildman–Crippen MR) is 128 cm³/mol. The Morgan fingerprint density at radius 2 is 2.12 bits per heavy atom. The van der Waals surface area contributed by atoms with Gasteiger partial charge in [-0.15, -0.1) is 0 Å². The summed E-state index contributed by atoms with van der Waals surface area (Å²) in [4.78, 5) is 26.0. The molecule has 1 aliphatic carbocycles. The van der Waals surface area contributed by atoms with Crippen molar-refractivity contribution in [2.75, 3.05) is 6.61 Å². The Kier molecular flexibility index (Phi) is 5.52. The average molecular weight is 503 g/mol. The molecule has 1 saturated carbocycles. The van der Waals surface area contributed by atoms with Crippen molar-refractivity contribution in [3.63, 3.8) is 0 Å². The number of nitrogens with two attached hydrogens (primary N) is 1. The molecule has 0 amide bonds. The third kappa shape index (κ3) is 3.62. The number of halogens is 3. The lowest BCUT2D eigenvalue weighted by Gasteiger charge is -2.33. The van der Waals surface area contributed by atoms with Crippen LogP contribution in [0.3, 0.4) is 0 Å². The van der Waals surface area contributed by atoms with Gasteiger partial charge in [0.25, 0.3) is 0 Å². The summed E-state index contributed by atoms with van der Waals surface area (Å²) in [7, 11) is 0. The van der Waals surface area contributed by atoms with Crippen LogP contribution in [0.4, 0.5) is 8.78 Å². The minimum absolute atomic E-state index is 0.0539. The van der Waals surface area contributed by atoms with E-state index in [9.17, 15) is 9.18 Å². The summed E-state index contributed by atoms with van der Waals surface area (Å²) < 4.78 is 34.3. The SMILES string of the molecule is CCOC(=O)[C@]12C[C@H]1[C@@](C)(c1cc(Cc3nccc4cc(Cl)cnc34)cc(F)c1F)N=C(N)S2. The van der Waals surface area contributed by atoms with Gasteiger partial charge in [0.05, 0.1) is 28.4 Å². The minimum Gasteiger partial charge on any atom is -0.465 e. The zero-order valence-electron chi connectivity index (χ0n) is 18.4. The summed E-state index contributed by atoms with van der Waals surface area (Å²) in [6.07, 6.45) is 3.77. The van der Waals surface area contributed by atoms with Crippen molar-refractivity contribution in [2.24, 2.45) is 16.6 Å². The number of thioether (sulfide) groups is 1. The van der Waals surface area contributed by atoms with E-state index >= 15 is 4.39 Å². The Balaban J connectivity index is 1.57. The Hall–Kier alpha value is -2.78. The lowest BCUT2D eigenvalue weighted by atomic mass is 9.84. The van der Waals surface area contributed by atoms with Crippen LogP contribution < -0.4 is 5.73 Å². The van der Waals surface area contributed by atoms with Crippen LogP contribution in [-0.4, -0.2) is 32.5 Å². The monoisotopic (exact) mass is 502 g/mol. The molecule has 0 saturated heterocycles. The molecule has 0 radical (unpaired) electrons. The topological polar surface area (TPSA) is 90.5 Å². The van der Waals surface area contributed by atoms with Gasteiger partial charge in [-0.3, -0.25) is 19.8 Å². The van der Waals surface area contributed by atoms with E-state index < -0.39 is 27.9 Å². The number of benzene rings is 1. The summed E-state index contributed by atoms with van der Waals surface area (Å²) in [6.45, 7) is 3.63. The first-order valence-corrected chi connectivity index (χ1v) is 12.0. The second-order valence-electron chi connectivity index (χ2n) is 8.67. The van der Waals surface area contributed by atoms with E-state index in [4.69, 9.17) is 22.1 Å². The normalized spacial score (nSPS) is 25.6. The van der Waals surface area contributed by atoms with Gasteiger partial charge in [-0.25, -0.2) is 8.78 Å². The van der Waals surface area contributed by atoms with E-state index in [1.54, 1.807) is 38.2 Å². The smallest absolute Gasteiger partial charge is 0.323 e. The van der Waals surface area contributed by atoms with Gasteiger partial charge in [-0.2, -0.15) is 0 Å². The summed E-state index contributed by atoms with van der Waals surface area (Å²) >= 11 is 7.18. The highest BCUT2D eigenvalue weighted by molar-refractivity contribution is 8.15. The highest BCUT2D eigenvalue weighted by Gasteiger charge is 2.71. The number of carbonyl (C=O) groups excluding carboxylic acids is 1. The molecule has 3 heterocycles. The van der Waals surface area contributed by atoms with Gasteiger partial charge in [0.1, 0.15) is 4.75 Å². The van der Waals surface area contributed by atoms with E-state index in [-0.39, 0.29) is 29.7 Å². The molecule has 6 nitrogen and oxygen atoms in total. The highest BCUT2D eigenvalue weighted by atomic mass is 35.5. The van der Waals surface area contributed by atoms with Crippen LogP contribution >= 0.6 is 23.4 Å². The Bertz CT molecular complexity index is 1370. The zero-order chi connectivity index (χ0) is 24.3. The number of hydrogen-bond acceptors (Lipinski definition) is 7. The van der Waals surface area contributed by atoms with Crippen LogP contribution in [0.15, 0.2) is 41.7 Å². The zero-order valence-corrected chi connectivity index (χ0v) is 20.0. The Labute approximate surface area is 204 Å². The molecule has 0 bridgehead atoms. The summed E-state index contributed by atoms with van der Waals surface area (Å²) in [5.74, 6) is -2.79. The molecule has 176 valence electrons. The number of aromatic nitrogens is 2. The first-order valence-electron chi connectivity index (χ1n) is 10.8. The van der Waals surface area contributed by atoms with Gasteiger partial charge < -0.3 is 10.5 Å². The number of rotatable bonds is 5. The molecule has 1 aromatic carbocycles. The molecule has 5 rings (SSSR count). The van der Waals surface area contributed by atoms with Crippen LogP contribution in [0.2, 0.25) is 5.02 Å². The van der Waals surface area contributed by atoms with Crippen LogP contribution in [0.1, 0.15) is 37.1 Å². The number of amidine groups is 1. The highest BCUT2D eigenvalue weighted by Crippen LogP contribution is 2.66. The standard InChI is InChI=1S/C24H21ClF2N4O2S/c1-3-33-21(32)24-10-18(24)23(2,31-22(28)34-24)15-6-12(7-16(26)19(15)27)8-17-20-13(4-5-29-17)9-14(25)11-30-20/h4-7,9,11,18H,3,8,10H2,1-2H3,(H2,28,31)/t18-,23+,24-/m0/s1. The van der Waals surface area contributed by atoms with Crippen LogP contribution in [0.5, 0.6) is 0 Å². The molecule has 0 spiro atoms. The predicted octanol–water partition coefficient (Wildman–Crippen LogP) is 4.75. The summed E-state index contributed by atoms with van der Waals surface area (Å²) in [5, 5.41) is 1.44. The number of pyridine rings is 2. The maximum atomic E-state index is 15.2. The molecule has 0 unspecified atom stereocenters. The van der Waals surface area contributed by atoms with Gasteiger partial charge in [0.15, 0.2) is 16.8 Å². The molecule has 3 atom stereocenters. The lowest BCUT2D eigenvalue weighted by molar-refractivity contribution is -0.143. The summed E-state index contributed by atoms with van der Waals surface area (Å²) in [5.41, 5.74) is 6.63. The van der Waals surface area contributed by atoms with Gasteiger partial charge in [0.2, 0.25) is 0 Å². The van der Waals surface area contributed by atoms with Crippen molar-refractivity contribution in [3.05, 3.63) is 70.1 Å².